The Labute approximate surface area is 182 Å². The maximum absolute atomic E-state index is 13.1. The van der Waals surface area contributed by atoms with E-state index in [9.17, 15) is 4.79 Å². The van der Waals surface area contributed by atoms with Crippen molar-refractivity contribution in [1.29, 1.82) is 0 Å². The third-order valence-corrected chi connectivity index (χ3v) is 6.55. The number of para-hydroxylation sites is 2. The standard InChI is InChI=1S/C24H29N5O2/c1-31-20-8-6-19(7-9-20)27-14-16-28(17-15-27)23(30)18-10-12-29(13-11-18)24-25-21-4-2-3-5-22(21)26-24/h2-9,18H,10-17H2,1H3,(H,25,26). The highest BCUT2D eigenvalue weighted by atomic mass is 16.5. The van der Waals surface area contributed by atoms with Crippen molar-refractivity contribution in [2.45, 2.75) is 12.8 Å². The molecule has 2 aliphatic heterocycles. The number of ether oxygens (including phenoxy) is 1. The van der Waals surface area contributed by atoms with Crippen molar-refractivity contribution in [3.05, 3.63) is 48.5 Å². The summed E-state index contributed by atoms with van der Waals surface area (Å²) < 4.78 is 5.24. The first-order valence-electron chi connectivity index (χ1n) is 11.1. The molecule has 0 saturated carbocycles. The summed E-state index contributed by atoms with van der Waals surface area (Å²) in [5.41, 5.74) is 3.24. The summed E-state index contributed by atoms with van der Waals surface area (Å²) in [6.45, 7) is 5.04. The Morgan fingerprint density at radius 2 is 1.65 bits per heavy atom. The lowest BCUT2D eigenvalue weighted by Gasteiger charge is -2.39. The molecule has 1 amide bonds. The van der Waals surface area contributed by atoms with Crippen LogP contribution in [0.3, 0.4) is 0 Å². The highest BCUT2D eigenvalue weighted by Crippen LogP contribution is 2.26. The van der Waals surface area contributed by atoms with Crippen LogP contribution in [0.15, 0.2) is 48.5 Å². The van der Waals surface area contributed by atoms with Gasteiger partial charge in [0.1, 0.15) is 5.75 Å². The number of piperidine rings is 1. The van der Waals surface area contributed by atoms with Gasteiger partial charge in [0, 0.05) is 50.9 Å². The summed E-state index contributed by atoms with van der Waals surface area (Å²) in [5.74, 6) is 2.22. The van der Waals surface area contributed by atoms with Gasteiger partial charge in [-0.05, 0) is 49.2 Å². The predicted octanol–water partition coefficient (Wildman–Crippen LogP) is 3.14. The van der Waals surface area contributed by atoms with Gasteiger partial charge in [0.05, 0.1) is 18.1 Å². The van der Waals surface area contributed by atoms with Crippen molar-refractivity contribution in [3.8, 4) is 5.75 Å². The Kier molecular flexibility index (Phi) is 5.40. The van der Waals surface area contributed by atoms with Gasteiger partial charge >= 0.3 is 0 Å². The maximum atomic E-state index is 13.1. The molecule has 7 nitrogen and oxygen atoms in total. The molecule has 1 N–H and O–H groups in total. The number of fused-ring (bicyclic) bond motifs is 1. The lowest BCUT2D eigenvalue weighted by Crippen LogP contribution is -2.51. The smallest absolute Gasteiger partial charge is 0.225 e. The molecular weight excluding hydrogens is 390 g/mol. The molecule has 0 bridgehead atoms. The number of hydrogen-bond donors (Lipinski definition) is 1. The van der Waals surface area contributed by atoms with Crippen LogP contribution in [0.2, 0.25) is 0 Å². The van der Waals surface area contributed by atoms with E-state index in [0.29, 0.717) is 5.91 Å². The SMILES string of the molecule is COc1ccc(N2CCN(C(=O)C3CCN(c4nc5ccccc5[nH]4)CC3)CC2)cc1. The highest BCUT2D eigenvalue weighted by molar-refractivity contribution is 5.80. The molecule has 2 aromatic carbocycles. The van der Waals surface area contributed by atoms with E-state index in [1.165, 1.54) is 5.69 Å². The molecule has 0 radical (unpaired) electrons. The van der Waals surface area contributed by atoms with Crippen LogP contribution in [0.4, 0.5) is 11.6 Å². The number of methoxy groups -OCH3 is 1. The third kappa shape index (κ3) is 4.04. The average molecular weight is 420 g/mol. The Hall–Kier alpha value is -3.22. The molecule has 31 heavy (non-hydrogen) atoms. The molecule has 162 valence electrons. The van der Waals surface area contributed by atoms with Gasteiger partial charge in [-0.1, -0.05) is 12.1 Å². The van der Waals surface area contributed by atoms with Gasteiger partial charge in [0.25, 0.3) is 0 Å². The Bertz CT molecular complexity index is 999. The topological polar surface area (TPSA) is 64.7 Å². The minimum absolute atomic E-state index is 0.119. The largest absolute Gasteiger partial charge is 0.497 e. The first-order valence-corrected chi connectivity index (χ1v) is 11.1. The lowest BCUT2D eigenvalue weighted by atomic mass is 9.95. The second-order valence-electron chi connectivity index (χ2n) is 8.35. The van der Waals surface area contributed by atoms with Crippen LogP contribution in [0.1, 0.15) is 12.8 Å². The first-order chi connectivity index (χ1) is 15.2. The summed E-state index contributed by atoms with van der Waals surface area (Å²) >= 11 is 0. The van der Waals surface area contributed by atoms with Crippen LogP contribution in [0, 0.1) is 5.92 Å². The number of carbonyl (C=O) groups excluding carboxylic acids is 1. The maximum Gasteiger partial charge on any atom is 0.225 e. The number of aromatic nitrogens is 2. The summed E-state index contributed by atoms with van der Waals surface area (Å²) in [6, 6.07) is 16.3. The van der Waals surface area contributed by atoms with Crippen LogP contribution < -0.4 is 14.5 Å². The number of benzene rings is 2. The number of imidazole rings is 1. The zero-order chi connectivity index (χ0) is 21.2. The van der Waals surface area contributed by atoms with Gasteiger partial charge in [-0.25, -0.2) is 4.98 Å². The van der Waals surface area contributed by atoms with Crippen LogP contribution in [-0.4, -0.2) is 67.2 Å². The van der Waals surface area contributed by atoms with Crippen LogP contribution in [0.25, 0.3) is 11.0 Å². The van der Waals surface area contributed by atoms with Gasteiger partial charge in [-0.2, -0.15) is 0 Å². The van der Waals surface area contributed by atoms with E-state index in [0.717, 1.165) is 74.8 Å². The molecule has 0 spiro atoms. The second-order valence-corrected chi connectivity index (χ2v) is 8.35. The molecule has 0 aliphatic carbocycles. The summed E-state index contributed by atoms with van der Waals surface area (Å²) in [7, 11) is 1.68. The highest BCUT2D eigenvalue weighted by Gasteiger charge is 2.31. The fourth-order valence-electron chi connectivity index (χ4n) is 4.66. The number of anilines is 2. The molecule has 5 rings (SSSR count). The Morgan fingerprint density at radius 3 is 2.32 bits per heavy atom. The fourth-order valence-corrected chi connectivity index (χ4v) is 4.66. The fraction of sp³-hybridized carbons (Fsp3) is 0.417. The molecule has 2 saturated heterocycles. The zero-order valence-electron chi connectivity index (χ0n) is 18.0. The monoisotopic (exact) mass is 419 g/mol. The van der Waals surface area contributed by atoms with E-state index in [2.05, 4.69) is 31.8 Å². The number of hydrogen-bond acceptors (Lipinski definition) is 5. The molecule has 1 aromatic heterocycles. The number of H-pyrrole nitrogens is 1. The van der Waals surface area contributed by atoms with Gasteiger partial charge < -0.3 is 24.4 Å². The molecule has 7 heteroatoms. The molecule has 0 unspecified atom stereocenters. The molecule has 3 heterocycles. The average Bonchev–Trinajstić information content (AvgIpc) is 3.28. The number of rotatable bonds is 4. The number of nitrogens with one attached hydrogen (secondary N) is 1. The zero-order valence-corrected chi connectivity index (χ0v) is 18.0. The summed E-state index contributed by atoms with van der Waals surface area (Å²) in [6.07, 6.45) is 1.77. The summed E-state index contributed by atoms with van der Waals surface area (Å²) in [5, 5.41) is 0. The van der Waals surface area contributed by atoms with Crippen molar-refractivity contribution in [2.24, 2.45) is 5.92 Å². The van der Waals surface area contributed by atoms with Gasteiger partial charge in [0.15, 0.2) is 0 Å². The van der Waals surface area contributed by atoms with E-state index in [-0.39, 0.29) is 5.92 Å². The number of amides is 1. The number of carbonyl (C=O) groups is 1. The van der Waals surface area contributed by atoms with Crippen LogP contribution in [-0.2, 0) is 4.79 Å². The molecular formula is C24H29N5O2. The van der Waals surface area contributed by atoms with E-state index in [1.54, 1.807) is 7.11 Å². The second kappa shape index (κ2) is 8.49. The van der Waals surface area contributed by atoms with Crippen molar-refractivity contribution in [2.75, 3.05) is 56.2 Å². The minimum Gasteiger partial charge on any atom is -0.497 e. The Balaban J connectivity index is 1.14. The van der Waals surface area contributed by atoms with E-state index < -0.39 is 0 Å². The number of piperazine rings is 1. The van der Waals surface area contributed by atoms with Crippen LogP contribution >= 0.6 is 0 Å². The van der Waals surface area contributed by atoms with Crippen molar-refractivity contribution < 1.29 is 9.53 Å². The molecule has 3 aromatic rings. The minimum atomic E-state index is 0.119. The molecule has 0 atom stereocenters. The number of nitrogens with zero attached hydrogens (tertiary/aromatic N) is 4. The van der Waals surface area contributed by atoms with Gasteiger partial charge in [0.2, 0.25) is 11.9 Å². The van der Waals surface area contributed by atoms with E-state index in [4.69, 9.17) is 9.72 Å². The third-order valence-electron chi connectivity index (χ3n) is 6.55. The van der Waals surface area contributed by atoms with E-state index >= 15 is 0 Å². The summed E-state index contributed by atoms with van der Waals surface area (Å²) in [4.78, 5) is 27.9. The van der Waals surface area contributed by atoms with Crippen molar-refractivity contribution in [3.63, 3.8) is 0 Å². The van der Waals surface area contributed by atoms with E-state index in [1.807, 2.05) is 36.4 Å². The van der Waals surface area contributed by atoms with Gasteiger partial charge in [-0.15, -0.1) is 0 Å². The molecule has 2 fully saturated rings. The quantitative estimate of drug-likeness (QED) is 0.704. The Morgan fingerprint density at radius 1 is 0.935 bits per heavy atom. The lowest BCUT2D eigenvalue weighted by molar-refractivity contribution is -0.136. The van der Waals surface area contributed by atoms with Crippen molar-refractivity contribution in [1.82, 2.24) is 14.9 Å². The number of aromatic amines is 1. The van der Waals surface area contributed by atoms with Crippen LogP contribution in [0.5, 0.6) is 5.75 Å². The molecule has 2 aliphatic rings. The predicted molar refractivity (Wildman–Crippen MR) is 123 cm³/mol. The van der Waals surface area contributed by atoms with Gasteiger partial charge in [-0.3, -0.25) is 4.79 Å². The first kappa shape index (κ1) is 19.7. The van der Waals surface area contributed by atoms with Crippen molar-refractivity contribution >= 4 is 28.6 Å². The normalized spacial score (nSPS) is 17.9.